The summed E-state index contributed by atoms with van der Waals surface area (Å²) in [5.41, 5.74) is 6.15. The van der Waals surface area contributed by atoms with E-state index in [2.05, 4.69) is 33.1 Å². The van der Waals surface area contributed by atoms with E-state index in [1.54, 1.807) is 36.4 Å². The number of sulfonamides is 1. The van der Waals surface area contributed by atoms with E-state index in [0.29, 0.717) is 15.7 Å². The van der Waals surface area contributed by atoms with Gasteiger partial charge in [0, 0.05) is 25.5 Å². The van der Waals surface area contributed by atoms with Crippen molar-refractivity contribution in [3.63, 3.8) is 0 Å². The molecule has 0 saturated carbocycles. The second kappa shape index (κ2) is 10.5. The molecule has 7 nitrogen and oxygen atoms in total. The number of benzene rings is 2. The maximum absolute atomic E-state index is 12.4. The second-order valence-corrected chi connectivity index (χ2v) is 11.3. The summed E-state index contributed by atoms with van der Waals surface area (Å²) in [6.45, 7) is 3.44. The Balaban J connectivity index is 1.75. The van der Waals surface area contributed by atoms with Crippen LogP contribution in [0.2, 0.25) is 10.0 Å². The van der Waals surface area contributed by atoms with E-state index < -0.39 is 22.5 Å². The zero-order valence-electron chi connectivity index (χ0n) is 18.0. The first-order valence-electron chi connectivity index (χ1n) is 9.67. The molecule has 2 aromatic carbocycles. The van der Waals surface area contributed by atoms with Gasteiger partial charge in [-0.05, 0) is 85.0 Å². The first-order valence-corrected chi connectivity index (χ1v) is 13.3. The number of carbonyl (C=O) groups is 1. The minimum absolute atomic E-state index is 0.393. The van der Waals surface area contributed by atoms with Crippen LogP contribution in [-0.4, -0.2) is 37.9 Å². The molecule has 0 unspecified atom stereocenters. The summed E-state index contributed by atoms with van der Waals surface area (Å²) in [7, 11) is -3.66. The molecule has 11 heteroatoms. The first kappa shape index (κ1) is 25.5. The summed E-state index contributed by atoms with van der Waals surface area (Å²) in [6, 6.07) is 14.0. The minimum atomic E-state index is -3.66. The van der Waals surface area contributed by atoms with Gasteiger partial charge < -0.3 is 4.57 Å². The highest BCUT2D eigenvalue weighted by Crippen LogP contribution is 2.28. The lowest BCUT2D eigenvalue weighted by atomic mass is 10.2. The zero-order valence-corrected chi connectivity index (χ0v) is 22.5. The minimum Gasteiger partial charge on any atom is -0.316 e. The number of aryl methyl sites for hydroxylation is 1. The third kappa shape index (κ3) is 6.28. The van der Waals surface area contributed by atoms with Crippen LogP contribution in [0.3, 0.4) is 0 Å². The fraction of sp³-hybridized carbons (Fsp3) is 0.182. The number of hydrogen-bond acceptors (Lipinski definition) is 4. The van der Waals surface area contributed by atoms with Gasteiger partial charge in [0.1, 0.15) is 6.54 Å². The van der Waals surface area contributed by atoms with E-state index in [9.17, 15) is 13.2 Å². The number of hydrazone groups is 1. The molecule has 0 radical (unpaired) electrons. The SMILES string of the molecule is Cc1cc(/C=N\NC(=O)CN(c2ccc(I)cc2)S(C)(=O)=O)c(C)n1-c1ccc(Cl)cc1Cl. The Morgan fingerprint density at radius 3 is 2.42 bits per heavy atom. The summed E-state index contributed by atoms with van der Waals surface area (Å²) < 4.78 is 28.3. The van der Waals surface area contributed by atoms with Crippen molar-refractivity contribution in [2.75, 3.05) is 17.1 Å². The number of amides is 1. The van der Waals surface area contributed by atoms with Crippen molar-refractivity contribution in [1.82, 2.24) is 9.99 Å². The van der Waals surface area contributed by atoms with Crippen LogP contribution in [0.1, 0.15) is 17.0 Å². The lowest BCUT2D eigenvalue weighted by molar-refractivity contribution is -0.119. The number of hydrogen-bond donors (Lipinski definition) is 1. The van der Waals surface area contributed by atoms with E-state index in [1.165, 1.54) is 6.21 Å². The van der Waals surface area contributed by atoms with Gasteiger partial charge in [0.15, 0.2) is 0 Å². The molecule has 0 fully saturated rings. The van der Waals surface area contributed by atoms with Crippen LogP contribution < -0.4 is 9.73 Å². The molecule has 0 atom stereocenters. The molecule has 0 aliphatic rings. The van der Waals surface area contributed by atoms with Crippen LogP contribution in [0.15, 0.2) is 53.6 Å². The molecule has 1 aromatic heterocycles. The fourth-order valence-electron chi connectivity index (χ4n) is 3.30. The molecular weight excluding hydrogens is 598 g/mol. The smallest absolute Gasteiger partial charge is 0.260 e. The third-order valence-electron chi connectivity index (χ3n) is 4.82. The van der Waals surface area contributed by atoms with Gasteiger partial charge in [-0.1, -0.05) is 23.2 Å². The number of aromatic nitrogens is 1. The monoisotopic (exact) mass is 618 g/mol. The Morgan fingerprint density at radius 1 is 1.15 bits per heavy atom. The molecule has 1 N–H and O–H groups in total. The molecule has 1 amide bonds. The average molecular weight is 619 g/mol. The summed E-state index contributed by atoms with van der Waals surface area (Å²) in [4.78, 5) is 12.4. The van der Waals surface area contributed by atoms with Gasteiger partial charge in [-0.2, -0.15) is 5.10 Å². The van der Waals surface area contributed by atoms with Gasteiger partial charge in [0.25, 0.3) is 5.91 Å². The van der Waals surface area contributed by atoms with E-state index in [4.69, 9.17) is 23.2 Å². The van der Waals surface area contributed by atoms with E-state index in [1.807, 2.05) is 30.5 Å². The number of nitrogens with zero attached hydrogens (tertiary/aromatic N) is 3. The maximum atomic E-state index is 12.4. The predicted molar refractivity (Wildman–Crippen MR) is 142 cm³/mol. The summed E-state index contributed by atoms with van der Waals surface area (Å²) >= 11 is 14.5. The highest BCUT2D eigenvalue weighted by molar-refractivity contribution is 14.1. The summed E-state index contributed by atoms with van der Waals surface area (Å²) in [6.07, 6.45) is 2.56. The van der Waals surface area contributed by atoms with Crippen LogP contribution in [0, 0.1) is 17.4 Å². The topological polar surface area (TPSA) is 83.8 Å². The number of rotatable bonds is 7. The van der Waals surface area contributed by atoms with Gasteiger partial charge in [-0.3, -0.25) is 9.10 Å². The van der Waals surface area contributed by atoms with Crippen molar-refractivity contribution >= 4 is 73.6 Å². The Kier molecular flexibility index (Phi) is 8.09. The van der Waals surface area contributed by atoms with Gasteiger partial charge in [-0.25, -0.2) is 13.8 Å². The van der Waals surface area contributed by atoms with Crippen LogP contribution in [0.5, 0.6) is 0 Å². The van der Waals surface area contributed by atoms with E-state index in [-0.39, 0.29) is 0 Å². The molecule has 0 spiro atoms. The third-order valence-corrected chi connectivity index (χ3v) is 7.21. The Hall–Kier alpha value is -2.08. The Bertz CT molecular complexity index is 1320. The molecule has 33 heavy (non-hydrogen) atoms. The molecule has 0 aliphatic carbocycles. The van der Waals surface area contributed by atoms with Crippen molar-refractivity contribution in [3.05, 3.63) is 79.1 Å². The summed E-state index contributed by atoms with van der Waals surface area (Å²) in [5, 5.41) is 5.07. The van der Waals surface area contributed by atoms with Crippen LogP contribution in [-0.2, 0) is 14.8 Å². The van der Waals surface area contributed by atoms with Gasteiger partial charge in [-0.15, -0.1) is 0 Å². The number of nitrogens with one attached hydrogen (secondary N) is 1. The van der Waals surface area contributed by atoms with E-state index >= 15 is 0 Å². The highest BCUT2D eigenvalue weighted by atomic mass is 127. The molecule has 0 bridgehead atoms. The van der Waals surface area contributed by atoms with E-state index in [0.717, 1.165) is 36.8 Å². The molecular formula is C22H21Cl2IN4O3S. The van der Waals surface area contributed by atoms with Crippen molar-refractivity contribution in [3.8, 4) is 5.69 Å². The standard InChI is InChI=1S/C22H21Cl2IN4O3S/c1-14-10-16(15(2)29(14)21-9-4-17(23)11-20(21)24)12-26-27-22(30)13-28(33(3,31)32)19-7-5-18(25)6-8-19/h4-12H,13H2,1-3H3,(H,27,30)/b26-12-. The van der Waals surface area contributed by atoms with Gasteiger partial charge >= 0.3 is 0 Å². The maximum Gasteiger partial charge on any atom is 0.260 e. The molecule has 174 valence electrons. The normalized spacial score (nSPS) is 11.7. The number of anilines is 1. The van der Waals surface area contributed by atoms with Crippen LogP contribution in [0.25, 0.3) is 5.69 Å². The molecule has 0 aliphatic heterocycles. The predicted octanol–water partition coefficient (Wildman–Crippen LogP) is 4.92. The zero-order chi connectivity index (χ0) is 24.3. The fourth-order valence-corrected chi connectivity index (χ4v) is 5.01. The second-order valence-electron chi connectivity index (χ2n) is 7.30. The Labute approximate surface area is 216 Å². The molecule has 3 aromatic rings. The highest BCUT2D eigenvalue weighted by Gasteiger charge is 2.20. The molecule has 3 rings (SSSR count). The lowest BCUT2D eigenvalue weighted by Gasteiger charge is -2.21. The molecule has 0 saturated heterocycles. The van der Waals surface area contributed by atoms with Crippen LogP contribution >= 0.6 is 45.8 Å². The van der Waals surface area contributed by atoms with Crippen molar-refractivity contribution < 1.29 is 13.2 Å². The number of carbonyl (C=O) groups excluding carboxylic acids is 1. The molecule has 1 heterocycles. The van der Waals surface area contributed by atoms with Crippen molar-refractivity contribution in [2.24, 2.45) is 5.10 Å². The first-order chi connectivity index (χ1) is 15.5. The average Bonchev–Trinajstić information content (AvgIpc) is 3.00. The quantitative estimate of drug-likeness (QED) is 0.232. The van der Waals surface area contributed by atoms with Crippen molar-refractivity contribution in [2.45, 2.75) is 13.8 Å². The summed E-state index contributed by atoms with van der Waals surface area (Å²) in [5.74, 6) is -0.565. The van der Waals surface area contributed by atoms with Gasteiger partial charge in [0.2, 0.25) is 10.0 Å². The van der Waals surface area contributed by atoms with Crippen molar-refractivity contribution in [1.29, 1.82) is 0 Å². The largest absolute Gasteiger partial charge is 0.316 e. The lowest BCUT2D eigenvalue weighted by Crippen LogP contribution is -2.39. The van der Waals surface area contributed by atoms with Crippen LogP contribution in [0.4, 0.5) is 5.69 Å². The van der Waals surface area contributed by atoms with Gasteiger partial charge in [0.05, 0.1) is 28.9 Å². The number of halogens is 3. The Morgan fingerprint density at radius 2 is 1.82 bits per heavy atom.